The number of methoxy groups -OCH3 is 1. The summed E-state index contributed by atoms with van der Waals surface area (Å²) in [7, 11) is 1.62. The van der Waals surface area contributed by atoms with Crippen molar-refractivity contribution in [3.63, 3.8) is 0 Å². The first-order valence-corrected chi connectivity index (χ1v) is 11.5. The molecule has 2 saturated heterocycles. The molecule has 168 valence electrons. The van der Waals surface area contributed by atoms with E-state index < -0.39 is 11.6 Å². The van der Waals surface area contributed by atoms with E-state index in [4.69, 9.17) is 4.74 Å². The van der Waals surface area contributed by atoms with Gasteiger partial charge in [0.25, 0.3) is 5.91 Å². The van der Waals surface area contributed by atoms with Gasteiger partial charge in [0.1, 0.15) is 17.8 Å². The molecule has 3 aliphatic rings. The van der Waals surface area contributed by atoms with Crippen molar-refractivity contribution in [1.82, 2.24) is 15.1 Å². The Morgan fingerprint density at radius 1 is 1.13 bits per heavy atom. The molecule has 1 aliphatic carbocycles. The predicted octanol–water partition coefficient (Wildman–Crippen LogP) is 3.12. The van der Waals surface area contributed by atoms with Crippen molar-refractivity contribution in [2.45, 2.75) is 69.9 Å². The Balaban J connectivity index is 1.38. The number of urea groups is 1. The van der Waals surface area contributed by atoms with Crippen LogP contribution < -0.4 is 10.1 Å². The van der Waals surface area contributed by atoms with Gasteiger partial charge >= 0.3 is 6.03 Å². The Hall–Kier alpha value is -2.57. The highest BCUT2D eigenvalue weighted by molar-refractivity contribution is 6.08. The molecule has 4 amide bonds. The van der Waals surface area contributed by atoms with Gasteiger partial charge in [-0.2, -0.15) is 0 Å². The zero-order valence-electron chi connectivity index (χ0n) is 18.6. The van der Waals surface area contributed by atoms with Crippen molar-refractivity contribution in [1.29, 1.82) is 0 Å². The monoisotopic (exact) mass is 427 g/mol. The summed E-state index contributed by atoms with van der Waals surface area (Å²) in [5.74, 6) is 0.947. The molecule has 1 aromatic carbocycles. The molecule has 7 heteroatoms. The zero-order chi connectivity index (χ0) is 22.0. The van der Waals surface area contributed by atoms with E-state index in [1.165, 1.54) is 19.3 Å². The molecular formula is C24H33N3O4. The number of amides is 4. The number of imide groups is 1. The Morgan fingerprint density at radius 3 is 2.58 bits per heavy atom. The van der Waals surface area contributed by atoms with Gasteiger partial charge in [0, 0.05) is 12.6 Å². The van der Waals surface area contributed by atoms with E-state index in [1.807, 2.05) is 29.2 Å². The summed E-state index contributed by atoms with van der Waals surface area (Å²) in [4.78, 5) is 41.9. The highest BCUT2D eigenvalue weighted by Gasteiger charge is 2.48. The second-order valence-corrected chi connectivity index (χ2v) is 9.34. The number of benzene rings is 1. The third-order valence-corrected chi connectivity index (χ3v) is 7.27. The third kappa shape index (κ3) is 4.41. The van der Waals surface area contributed by atoms with Gasteiger partial charge in [-0.25, -0.2) is 4.79 Å². The molecule has 4 rings (SSSR count). The average molecular weight is 428 g/mol. The molecule has 0 spiro atoms. The molecule has 2 aliphatic heterocycles. The van der Waals surface area contributed by atoms with Crippen LogP contribution in [0.2, 0.25) is 0 Å². The number of hydrogen-bond acceptors (Lipinski definition) is 4. The topological polar surface area (TPSA) is 79.0 Å². The zero-order valence-corrected chi connectivity index (χ0v) is 18.6. The van der Waals surface area contributed by atoms with Gasteiger partial charge in [0.15, 0.2) is 0 Å². The van der Waals surface area contributed by atoms with Crippen molar-refractivity contribution in [2.24, 2.45) is 5.92 Å². The molecule has 3 fully saturated rings. The summed E-state index contributed by atoms with van der Waals surface area (Å²) < 4.78 is 5.18. The molecule has 0 unspecified atom stereocenters. The van der Waals surface area contributed by atoms with E-state index in [1.54, 1.807) is 14.0 Å². The van der Waals surface area contributed by atoms with Crippen LogP contribution >= 0.6 is 0 Å². The molecule has 3 atom stereocenters. The van der Waals surface area contributed by atoms with Crippen LogP contribution in [0.15, 0.2) is 24.3 Å². The summed E-state index contributed by atoms with van der Waals surface area (Å²) in [6.07, 6.45) is 7.91. The minimum Gasteiger partial charge on any atom is -0.497 e. The van der Waals surface area contributed by atoms with Crippen molar-refractivity contribution in [3.8, 4) is 5.75 Å². The number of rotatable bonds is 6. The third-order valence-electron chi connectivity index (χ3n) is 7.27. The van der Waals surface area contributed by atoms with Gasteiger partial charge in [0.2, 0.25) is 5.91 Å². The minimum absolute atomic E-state index is 0.0977. The van der Waals surface area contributed by atoms with Crippen LogP contribution in [0.4, 0.5) is 4.79 Å². The molecule has 2 heterocycles. The van der Waals surface area contributed by atoms with Gasteiger partial charge in [-0.1, -0.05) is 25.0 Å². The Bertz CT molecular complexity index is 838. The molecule has 7 nitrogen and oxygen atoms in total. The number of nitrogens with zero attached hydrogens (tertiary/aromatic N) is 2. The van der Waals surface area contributed by atoms with E-state index in [-0.39, 0.29) is 24.4 Å². The second kappa shape index (κ2) is 8.89. The van der Waals surface area contributed by atoms with E-state index in [2.05, 4.69) is 5.32 Å². The quantitative estimate of drug-likeness (QED) is 0.708. The van der Waals surface area contributed by atoms with Crippen molar-refractivity contribution in [2.75, 3.05) is 20.2 Å². The first-order valence-electron chi connectivity index (χ1n) is 11.5. The smallest absolute Gasteiger partial charge is 0.325 e. The summed E-state index contributed by atoms with van der Waals surface area (Å²) in [5, 5.41) is 2.83. The van der Waals surface area contributed by atoms with Gasteiger partial charge < -0.3 is 15.0 Å². The van der Waals surface area contributed by atoms with Crippen LogP contribution in [-0.4, -0.2) is 59.4 Å². The number of nitrogens with one attached hydrogen (secondary N) is 1. The first kappa shape index (κ1) is 21.7. The molecule has 1 aromatic rings. The standard InChI is InChI=1S/C24H33N3O4/c1-24(14-13-17-9-11-19(31-2)12-10-17)22(29)27(23(30)25-24)16-21(28)26-15-5-7-18-6-3-4-8-20(18)26/h9-12,18,20H,3-8,13-16H2,1-2H3,(H,25,30)/t18-,20-,24-/m0/s1. The number of piperidine rings is 1. The fourth-order valence-corrected chi connectivity index (χ4v) is 5.41. The Kier molecular flexibility index (Phi) is 6.21. The van der Waals surface area contributed by atoms with E-state index in [0.717, 1.165) is 42.0 Å². The van der Waals surface area contributed by atoms with Crippen LogP contribution in [-0.2, 0) is 16.0 Å². The lowest BCUT2D eigenvalue weighted by atomic mass is 9.78. The highest BCUT2D eigenvalue weighted by Crippen LogP contribution is 2.35. The first-order chi connectivity index (χ1) is 14.9. The number of likely N-dealkylation sites (tertiary alicyclic amines) is 1. The molecule has 0 radical (unpaired) electrons. The Labute approximate surface area is 184 Å². The lowest BCUT2D eigenvalue weighted by Gasteiger charge is -2.44. The number of hydrogen-bond donors (Lipinski definition) is 1. The fourth-order valence-electron chi connectivity index (χ4n) is 5.41. The SMILES string of the molecule is COc1ccc(CC[C@]2(C)NC(=O)N(CC(=O)N3CCC[C@@H]4CCCC[C@@H]43)C2=O)cc1. The lowest BCUT2D eigenvalue weighted by Crippen LogP contribution is -2.53. The fraction of sp³-hybridized carbons (Fsp3) is 0.625. The van der Waals surface area contributed by atoms with Crippen LogP contribution in [0.25, 0.3) is 0 Å². The molecule has 1 saturated carbocycles. The Morgan fingerprint density at radius 2 is 1.84 bits per heavy atom. The van der Waals surface area contributed by atoms with Crippen molar-refractivity contribution in [3.05, 3.63) is 29.8 Å². The average Bonchev–Trinajstić information content (AvgIpc) is 3.00. The largest absolute Gasteiger partial charge is 0.497 e. The van der Waals surface area contributed by atoms with Crippen molar-refractivity contribution < 1.29 is 19.1 Å². The van der Waals surface area contributed by atoms with Gasteiger partial charge in [-0.3, -0.25) is 14.5 Å². The van der Waals surface area contributed by atoms with Crippen LogP contribution in [0.3, 0.4) is 0 Å². The lowest BCUT2D eigenvalue weighted by molar-refractivity contribution is -0.142. The molecule has 0 aromatic heterocycles. The molecule has 1 N–H and O–H groups in total. The normalized spacial score (nSPS) is 28.3. The number of ether oxygens (including phenoxy) is 1. The minimum atomic E-state index is -0.993. The highest BCUT2D eigenvalue weighted by atomic mass is 16.5. The maximum absolute atomic E-state index is 13.1. The van der Waals surface area contributed by atoms with Crippen LogP contribution in [0.5, 0.6) is 5.75 Å². The maximum Gasteiger partial charge on any atom is 0.325 e. The predicted molar refractivity (Wildman–Crippen MR) is 117 cm³/mol. The number of fused-ring (bicyclic) bond motifs is 1. The van der Waals surface area contributed by atoms with Gasteiger partial charge in [0.05, 0.1) is 7.11 Å². The summed E-state index contributed by atoms with van der Waals surface area (Å²) in [6.45, 7) is 2.32. The summed E-state index contributed by atoms with van der Waals surface area (Å²) in [5.41, 5.74) is 0.0716. The second-order valence-electron chi connectivity index (χ2n) is 9.34. The summed E-state index contributed by atoms with van der Waals surface area (Å²) in [6, 6.07) is 7.50. The van der Waals surface area contributed by atoms with E-state index in [0.29, 0.717) is 18.8 Å². The molecular weight excluding hydrogens is 394 g/mol. The number of aryl methyl sites for hydroxylation is 1. The van der Waals surface area contributed by atoms with Crippen LogP contribution in [0, 0.1) is 5.92 Å². The van der Waals surface area contributed by atoms with E-state index in [9.17, 15) is 14.4 Å². The number of carbonyl (C=O) groups excluding carboxylic acids is 3. The van der Waals surface area contributed by atoms with Gasteiger partial charge in [-0.05, 0) is 69.1 Å². The maximum atomic E-state index is 13.1. The van der Waals surface area contributed by atoms with Crippen LogP contribution in [0.1, 0.15) is 57.4 Å². The molecule has 31 heavy (non-hydrogen) atoms. The molecule has 0 bridgehead atoms. The van der Waals surface area contributed by atoms with E-state index >= 15 is 0 Å². The summed E-state index contributed by atoms with van der Waals surface area (Å²) >= 11 is 0. The van der Waals surface area contributed by atoms with Crippen molar-refractivity contribution >= 4 is 17.8 Å². The number of carbonyl (C=O) groups is 3. The van der Waals surface area contributed by atoms with Gasteiger partial charge in [-0.15, -0.1) is 0 Å².